The second-order valence-electron chi connectivity index (χ2n) is 9.85. The van der Waals surface area contributed by atoms with Crippen molar-refractivity contribution < 1.29 is 19.2 Å². The van der Waals surface area contributed by atoms with Gasteiger partial charge in [0.25, 0.3) is 11.8 Å². The molecule has 11 heteroatoms. The summed E-state index contributed by atoms with van der Waals surface area (Å²) in [7, 11) is 2.10. The SMILES string of the molecule is CN1CC2CC1(CNC(=O)c1cn(-c3ccc4c(c3)C(=O)N(C3CCC(=O)NC3=O)C4)nn1)C2. The van der Waals surface area contributed by atoms with E-state index in [0.29, 0.717) is 30.8 Å². The summed E-state index contributed by atoms with van der Waals surface area (Å²) < 4.78 is 1.47. The number of amides is 4. The maximum atomic E-state index is 13.0. The summed E-state index contributed by atoms with van der Waals surface area (Å²) in [5, 5.41) is 13.4. The number of carbonyl (C=O) groups excluding carboxylic acids is 4. The van der Waals surface area contributed by atoms with Crippen LogP contribution in [-0.4, -0.2) is 80.1 Å². The molecule has 1 unspecified atom stereocenters. The lowest BCUT2D eigenvalue weighted by atomic mass is 9.73. The molecular weight excluding hydrogens is 438 g/mol. The molecule has 4 fully saturated rings. The van der Waals surface area contributed by atoms with E-state index in [2.05, 4.69) is 32.9 Å². The number of imide groups is 1. The van der Waals surface area contributed by atoms with Crippen LogP contribution in [0.1, 0.15) is 52.1 Å². The molecule has 5 aliphatic rings. The zero-order chi connectivity index (χ0) is 23.6. The largest absolute Gasteiger partial charge is 0.349 e. The molecule has 7 rings (SSSR count). The van der Waals surface area contributed by atoms with E-state index < -0.39 is 11.9 Å². The Morgan fingerprint density at radius 2 is 2.09 bits per heavy atom. The van der Waals surface area contributed by atoms with Gasteiger partial charge in [0.1, 0.15) is 6.04 Å². The Hall–Kier alpha value is -3.60. The van der Waals surface area contributed by atoms with Crippen LogP contribution in [0.25, 0.3) is 5.69 Å². The monoisotopic (exact) mass is 463 g/mol. The number of piperidine rings is 1. The lowest BCUT2D eigenvalue weighted by molar-refractivity contribution is -0.136. The highest BCUT2D eigenvalue weighted by Gasteiger charge is 2.54. The summed E-state index contributed by atoms with van der Waals surface area (Å²) in [5.41, 5.74) is 2.16. The molecular formula is C23H25N7O4. The van der Waals surface area contributed by atoms with Crippen molar-refractivity contribution in [3.05, 3.63) is 41.2 Å². The molecule has 0 spiro atoms. The van der Waals surface area contributed by atoms with Gasteiger partial charge >= 0.3 is 0 Å². The Balaban J connectivity index is 1.15. The van der Waals surface area contributed by atoms with Crippen molar-refractivity contribution in [2.75, 3.05) is 20.1 Å². The Kier molecular flexibility index (Phi) is 4.60. The van der Waals surface area contributed by atoms with Gasteiger partial charge in [-0.3, -0.25) is 29.4 Å². The van der Waals surface area contributed by atoms with E-state index in [0.717, 1.165) is 30.9 Å². The Morgan fingerprint density at radius 1 is 1.26 bits per heavy atom. The number of carbonyl (C=O) groups is 4. The highest BCUT2D eigenvalue weighted by molar-refractivity contribution is 6.05. The molecule has 1 saturated carbocycles. The second kappa shape index (κ2) is 7.45. The Bertz CT molecular complexity index is 1230. The first-order valence-electron chi connectivity index (χ1n) is 11.5. The van der Waals surface area contributed by atoms with Crippen LogP contribution < -0.4 is 10.6 Å². The number of benzene rings is 1. The van der Waals surface area contributed by atoms with Crippen LogP contribution >= 0.6 is 0 Å². The van der Waals surface area contributed by atoms with Gasteiger partial charge in [-0.2, -0.15) is 0 Å². The van der Waals surface area contributed by atoms with Crippen LogP contribution in [0.3, 0.4) is 0 Å². The van der Waals surface area contributed by atoms with E-state index in [1.165, 1.54) is 9.58 Å². The first-order valence-corrected chi connectivity index (χ1v) is 11.5. The first-order chi connectivity index (χ1) is 16.3. The molecule has 1 aliphatic carbocycles. The predicted octanol–water partition coefficient (Wildman–Crippen LogP) is -0.148. The molecule has 3 saturated heterocycles. The van der Waals surface area contributed by atoms with E-state index in [1.54, 1.807) is 18.3 Å². The van der Waals surface area contributed by atoms with E-state index in [4.69, 9.17) is 0 Å². The van der Waals surface area contributed by atoms with Crippen LogP contribution in [0.5, 0.6) is 0 Å². The fourth-order valence-corrected chi connectivity index (χ4v) is 5.83. The molecule has 2 bridgehead atoms. The number of aromatic nitrogens is 3. The topological polar surface area (TPSA) is 130 Å². The summed E-state index contributed by atoms with van der Waals surface area (Å²) >= 11 is 0. The minimum absolute atomic E-state index is 0.0745. The Labute approximate surface area is 195 Å². The van der Waals surface area contributed by atoms with Crippen molar-refractivity contribution in [1.29, 1.82) is 0 Å². The van der Waals surface area contributed by atoms with Crippen LogP contribution in [0.15, 0.2) is 24.4 Å². The third-order valence-electron chi connectivity index (χ3n) is 7.76. The number of rotatable bonds is 5. The number of likely N-dealkylation sites (N-methyl/N-ethyl adjacent to an activating group) is 1. The number of nitrogens with one attached hydrogen (secondary N) is 2. The standard InChI is InChI=1S/C23H25N7O4/c1-28-9-13-7-23(28,8-13)12-24-20(32)17-11-30(27-26-17)15-3-2-14-10-29(22(34)16(14)6-15)18-4-5-19(31)25-21(18)33/h2-3,6,11,13,18H,4-5,7-10,12H2,1H3,(H,24,32)(H,25,31,33). The molecule has 34 heavy (non-hydrogen) atoms. The molecule has 1 atom stereocenters. The summed E-state index contributed by atoms with van der Waals surface area (Å²) in [6, 6.07) is 4.66. The molecule has 4 aliphatic heterocycles. The molecule has 176 valence electrons. The maximum absolute atomic E-state index is 13.0. The fraction of sp³-hybridized carbons (Fsp3) is 0.478. The molecule has 2 aromatic rings. The van der Waals surface area contributed by atoms with Gasteiger partial charge in [0.05, 0.1) is 11.9 Å². The van der Waals surface area contributed by atoms with E-state index >= 15 is 0 Å². The zero-order valence-electron chi connectivity index (χ0n) is 18.8. The predicted molar refractivity (Wildman–Crippen MR) is 118 cm³/mol. The fourth-order valence-electron chi connectivity index (χ4n) is 5.83. The summed E-state index contributed by atoms with van der Waals surface area (Å²) in [5.74, 6) is -0.541. The average molecular weight is 463 g/mol. The molecule has 2 N–H and O–H groups in total. The highest BCUT2D eigenvalue weighted by Crippen LogP contribution is 2.49. The summed E-state index contributed by atoms with van der Waals surface area (Å²) in [6.07, 6.45) is 4.32. The lowest BCUT2D eigenvalue weighted by Gasteiger charge is -2.41. The van der Waals surface area contributed by atoms with Crippen molar-refractivity contribution in [3.8, 4) is 5.69 Å². The van der Waals surface area contributed by atoms with Crippen molar-refractivity contribution >= 4 is 23.6 Å². The van der Waals surface area contributed by atoms with Crippen molar-refractivity contribution in [2.45, 2.75) is 43.8 Å². The van der Waals surface area contributed by atoms with E-state index in [-0.39, 0.29) is 35.4 Å². The van der Waals surface area contributed by atoms with Crippen molar-refractivity contribution in [1.82, 2.24) is 35.4 Å². The number of hydrogen-bond donors (Lipinski definition) is 2. The minimum Gasteiger partial charge on any atom is -0.349 e. The van der Waals surface area contributed by atoms with Crippen LogP contribution in [0, 0.1) is 5.92 Å². The van der Waals surface area contributed by atoms with Gasteiger partial charge in [-0.05, 0) is 49.9 Å². The summed E-state index contributed by atoms with van der Waals surface area (Å²) in [6.45, 7) is 1.99. The third-order valence-corrected chi connectivity index (χ3v) is 7.76. The quantitative estimate of drug-likeness (QED) is 0.590. The van der Waals surface area contributed by atoms with Crippen molar-refractivity contribution in [3.63, 3.8) is 0 Å². The van der Waals surface area contributed by atoms with Gasteiger partial charge in [0.15, 0.2) is 5.69 Å². The van der Waals surface area contributed by atoms with Gasteiger partial charge < -0.3 is 10.2 Å². The zero-order valence-corrected chi connectivity index (χ0v) is 18.8. The van der Waals surface area contributed by atoms with Crippen LogP contribution in [0.4, 0.5) is 0 Å². The molecule has 5 heterocycles. The third kappa shape index (κ3) is 3.22. The van der Waals surface area contributed by atoms with Gasteiger partial charge in [-0.1, -0.05) is 11.3 Å². The smallest absolute Gasteiger partial charge is 0.273 e. The second-order valence-corrected chi connectivity index (χ2v) is 9.85. The van der Waals surface area contributed by atoms with Gasteiger partial charge in [0, 0.05) is 37.2 Å². The number of hydrogen-bond acceptors (Lipinski definition) is 7. The number of nitrogens with zero attached hydrogens (tertiary/aromatic N) is 5. The highest BCUT2D eigenvalue weighted by atomic mass is 16.2. The lowest BCUT2D eigenvalue weighted by Crippen LogP contribution is -2.53. The Morgan fingerprint density at radius 3 is 2.82 bits per heavy atom. The van der Waals surface area contributed by atoms with Crippen LogP contribution in [0.2, 0.25) is 0 Å². The normalized spacial score (nSPS) is 28.0. The maximum Gasteiger partial charge on any atom is 0.273 e. The molecule has 4 amide bonds. The van der Waals surface area contributed by atoms with Crippen LogP contribution in [-0.2, 0) is 16.1 Å². The first kappa shape index (κ1) is 21.0. The van der Waals surface area contributed by atoms with Gasteiger partial charge in [-0.25, -0.2) is 4.68 Å². The number of fused-ring (bicyclic) bond motifs is 2. The van der Waals surface area contributed by atoms with E-state index in [9.17, 15) is 19.2 Å². The van der Waals surface area contributed by atoms with Gasteiger partial charge in [0.2, 0.25) is 11.8 Å². The minimum atomic E-state index is -0.660. The van der Waals surface area contributed by atoms with Crippen molar-refractivity contribution in [2.24, 2.45) is 5.92 Å². The molecule has 1 aromatic carbocycles. The molecule has 0 radical (unpaired) electrons. The van der Waals surface area contributed by atoms with E-state index in [1.807, 2.05) is 6.07 Å². The molecule has 1 aromatic heterocycles. The molecule has 11 nitrogen and oxygen atoms in total. The summed E-state index contributed by atoms with van der Waals surface area (Å²) in [4.78, 5) is 53.2. The average Bonchev–Trinajstić information content (AvgIpc) is 3.54. The van der Waals surface area contributed by atoms with Gasteiger partial charge in [-0.15, -0.1) is 5.10 Å².